The van der Waals surface area contributed by atoms with Crippen LogP contribution in [0.2, 0.25) is 0 Å². The summed E-state index contributed by atoms with van der Waals surface area (Å²) in [5.74, 6) is 0.537. The lowest BCUT2D eigenvalue weighted by molar-refractivity contribution is 0.0527. The number of fused-ring (bicyclic) bond motifs is 2. The molecule has 2 aromatic rings. The van der Waals surface area contributed by atoms with Gasteiger partial charge in [-0.25, -0.2) is 4.79 Å². The molecule has 0 saturated heterocycles. The second-order valence-electron chi connectivity index (χ2n) is 6.09. The highest BCUT2D eigenvalue weighted by molar-refractivity contribution is 7.17. The van der Waals surface area contributed by atoms with E-state index in [1.807, 2.05) is 0 Å². The summed E-state index contributed by atoms with van der Waals surface area (Å²) in [5, 5.41) is 3.45. The van der Waals surface area contributed by atoms with Crippen molar-refractivity contribution in [2.24, 2.45) is 0 Å². The molecule has 0 fully saturated rings. The van der Waals surface area contributed by atoms with Crippen molar-refractivity contribution in [3.63, 3.8) is 0 Å². The van der Waals surface area contributed by atoms with Crippen LogP contribution in [-0.2, 0) is 17.6 Å². The first-order valence-corrected chi connectivity index (χ1v) is 9.51. The molecular weight excluding hydrogens is 354 g/mol. The summed E-state index contributed by atoms with van der Waals surface area (Å²) in [6, 6.07) is 5.08. The van der Waals surface area contributed by atoms with E-state index in [2.05, 4.69) is 5.32 Å². The summed E-state index contributed by atoms with van der Waals surface area (Å²) < 4.78 is 16.2. The van der Waals surface area contributed by atoms with E-state index in [1.165, 1.54) is 11.3 Å². The van der Waals surface area contributed by atoms with E-state index < -0.39 is 0 Å². The van der Waals surface area contributed by atoms with Crippen LogP contribution in [-0.4, -0.2) is 31.7 Å². The number of carbonyl (C=O) groups excluding carboxylic acids is 2. The fourth-order valence-electron chi connectivity index (χ4n) is 3.27. The van der Waals surface area contributed by atoms with Gasteiger partial charge in [-0.05, 0) is 49.9 Å². The number of amides is 1. The van der Waals surface area contributed by atoms with Gasteiger partial charge in [0.05, 0.1) is 12.2 Å². The number of hydrogen-bond acceptors (Lipinski definition) is 6. The Morgan fingerprint density at radius 1 is 1.19 bits per heavy atom. The second-order valence-corrected chi connectivity index (χ2v) is 7.20. The molecule has 1 aliphatic carbocycles. The lowest BCUT2D eigenvalue weighted by atomic mass is 10.1. The van der Waals surface area contributed by atoms with Gasteiger partial charge in [0, 0.05) is 10.4 Å². The van der Waals surface area contributed by atoms with Gasteiger partial charge < -0.3 is 19.5 Å². The summed E-state index contributed by atoms with van der Waals surface area (Å²) in [7, 11) is 0. The molecule has 1 aliphatic heterocycles. The number of benzene rings is 1. The third kappa shape index (κ3) is 3.03. The molecule has 0 atom stereocenters. The highest BCUT2D eigenvalue weighted by atomic mass is 32.1. The molecule has 7 heteroatoms. The fourth-order valence-corrected chi connectivity index (χ4v) is 4.54. The first kappa shape index (κ1) is 16.9. The molecule has 0 unspecified atom stereocenters. The van der Waals surface area contributed by atoms with Crippen molar-refractivity contribution in [1.29, 1.82) is 0 Å². The number of nitrogens with one attached hydrogen (secondary N) is 1. The van der Waals surface area contributed by atoms with Gasteiger partial charge in [0.25, 0.3) is 5.91 Å². The largest absolute Gasteiger partial charge is 0.486 e. The molecule has 6 nitrogen and oxygen atoms in total. The molecule has 26 heavy (non-hydrogen) atoms. The molecule has 2 aliphatic rings. The summed E-state index contributed by atoms with van der Waals surface area (Å²) in [5.41, 5.74) is 1.98. The Bertz CT molecular complexity index is 873. The van der Waals surface area contributed by atoms with Crippen LogP contribution < -0.4 is 14.8 Å². The van der Waals surface area contributed by atoms with E-state index in [-0.39, 0.29) is 11.9 Å². The number of aryl methyl sites for hydroxylation is 1. The third-order valence-corrected chi connectivity index (χ3v) is 5.64. The first-order chi connectivity index (χ1) is 12.7. The maximum Gasteiger partial charge on any atom is 0.341 e. The van der Waals surface area contributed by atoms with Crippen LogP contribution in [0.25, 0.3) is 0 Å². The highest BCUT2D eigenvalue weighted by Gasteiger charge is 2.28. The molecule has 4 rings (SSSR count). The monoisotopic (exact) mass is 373 g/mol. The summed E-state index contributed by atoms with van der Waals surface area (Å²) in [6.07, 6.45) is 2.82. The number of hydrogen-bond donors (Lipinski definition) is 1. The van der Waals surface area contributed by atoms with Crippen molar-refractivity contribution in [3.8, 4) is 11.5 Å². The Morgan fingerprint density at radius 2 is 2.00 bits per heavy atom. The lowest BCUT2D eigenvalue weighted by Crippen LogP contribution is -2.18. The average molecular weight is 373 g/mol. The van der Waals surface area contributed by atoms with Crippen LogP contribution in [0.4, 0.5) is 5.00 Å². The van der Waals surface area contributed by atoms with Crippen molar-refractivity contribution in [2.75, 3.05) is 25.1 Å². The first-order valence-electron chi connectivity index (χ1n) is 8.70. The molecule has 136 valence electrons. The molecule has 1 amide bonds. The van der Waals surface area contributed by atoms with Crippen molar-refractivity contribution in [1.82, 2.24) is 0 Å². The third-order valence-electron chi connectivity index (χ3n) is 4.43. The van der Waals surface area contributed by atoms with Gasteiger partial charge in [-0.2, -0.15) is 0 Å². The smallest absolute Gasteiger partial charge is 0.341 e. The van der Waals surface area contributed by atoms with E-state index in [0.29, 0.717) is 47.4 Å². The van der Waals surface area contributed by atoms with Gasteiger partial charge in [0.2, 0.25) is 0 Å². The minimum atomic E-state index is -0.371. The highest BCUT2D eigenvalue weighted by Crippen LogP contribution is 2.40. The zero-order valence-electron chi connectivity index (χ0n) is 14.4. The summed E-state index contributed by atoms with van der Waals surface area (Å²) in [6.45, 7) is 3.04. The van der Waals surface area contributed by atoms with E-state index in [9.17, 15) is 9.59 Å². The summed E-state index contributed by atoms with van der Waals surface area (Å²) >= 11 is 1.47. The van der Waals surface area contributed by atoms with Gasteiger partial charge in [0.15, 0.2) is 11.5 Å². The Balaban J connectivity index is 1.61. The second kappa shape index (κ2) is 6.99. The molecule has 1 aromatic heterocycles. The molecular formula is C19H19NO5S. The van der Waals surface area contributed by atoms with Gasteiger partial charge >= 0.3 is 5.97 Å². The van der Waals surface area contributed by atoms with Crippen LogP contribution in [0.15, 0.2) is 18.2 Å². The number of esters is 1. The van der Waals surface area contributed by atoms with Crippen molar-refractivity contribution >= 4 is 28.2 Å². The van der Waals surface area contributed by atoms with Crippen molar-refractivity contribution in [3.05, 3.63) is 39.8 Å². The number of ether oxygens (including phenoxy) is 3. The van der Waals surface area contributed by atoms with Crippen LogP contribution in [0.3, 0.4) is 0 Å². The quantitative estimate of drug-likeness (QED) is 0.831. The predicted octanol–water partition coefficient (Wildman–Crippen LogP) is 3.44. The Hall–Kier alpha value is -2.54. The number of anilines is 1. The normalized spacial score (nSPS) is 14.7. The average Bonchev–Trinajstić information content (AvgIpc) is 3.22. The van der Waals surface area contributed by atoms with Gasteiger partial charge in [0.1, 0.15) is 18.2 Å². The van der Waals surface area contributed by atoms with Crippen LogP contribution in [0.1, 0.15) is 44.5 Å². The minimum absolute atomic E-state index is 0.285. The Labute approximate surface area is 155 Å². The zero-order chi connectivity index (χ0) is 18.1. The van der Waals surface area contributed by atoms with Crippen molar-refractivity contribution in [2.45, 2.75) is 26.2 Å². The molecule has 0 saturated carbocycles. The van der Waals surface area contributed by atoms with Crippen LogP contribution in [0, 0.1) is 0 Å². The van der Waals surface area contributed by atoms with E-state index in [4.69, 9.17) is 14.2 Å². The number of carbonyl (C=O) groups is 2. The van der Waals surface area contributed by atoms with Gasteiger partial charge in [-0.1, -0.05) is 0 Å². The molecule has 1 aromatic carbocycles. The molecule has 1 N–H and O–H groups in total. The number of rotatable bonds is 4. The zero-order valence-corrected chi connectivity index (χ0v) is 15.2. The van der Waals surface area contributed by atoms with E-state index >= 15 is 0 Å². The number of thiophene rings is 1. The standard InChI is InChI=1S/C19H19NO5S/c1-2-23-19(22)16-12-4-3-5-15(12)26-18(16)20-17(21)11-6-7-13-14(10-11)25-9-8-24-13/h6-7,10H,2-5,8-9H2,1H3,(H,20,21). The van der Waals surface area contributed by atoms with Gasteiger partial charge in [-0.15, -0.1) is 11.3 Å². The van der Waals surface area contributed by atoms with E-state index in [0.717, 1.165) is 29.7 Å². The Kier molecular flexibility index (Phi) is 4.55. The topological polar surface area (TPSA) is 73.9 Å². The fraction of sp³-hybridized carbons (Fsp3) is 0.368. The van der Waals surface area contributed by atoms with Crippen LogP contribution in [0.5, 0.6) is 11.5 Å². The Morgan fingerprint density at radius 3 is 2.81 bits per heavy atom. The predicted molar refractivity (Wildman–Crippen MR) is 97.7 cm³/mol. The van der Waals surface area contributed by atoms with Crippen LogP contribution >= 0.6 is 11.3 Å². The van der Waals surface area contributed by atoms with Gasteiger partial charge in [-0.3, -0.25) is 4.79 Å². The van der Waals surface area contributed by atoms with Crippen molar-refractivity contribution < 1.29 is 23.8 Å². The SMILES string of the molecule is CCOC(=O)c1c(NC(=O)c2ccc3c(c2)OCCO3)sc2c1CCC2. The molecule has 2 heterocycles. The molecule has 0 spiro atoms. The minimum Gasteiger partial charge on any atom is -0.486 e. The molecule has 0 radical (unpaired) electrons. The maximum absolute atomic E-state index is 12.7. The molecule has 0 bridgehead atoms. The maximum atomic E-state index is 12.7. The van der Waals surface area contributed by atoms with E-state index in [1.54, 1.807) is 25.1 Å². The summed E-state index contributed by atoms with van der Waals surface area (Å²) in [4.78, 5) is 26.3. The lowest BCUT2D eigenvalue weighted by Gasteiger charge is -2.18.